The summed E-state index contributed by atoms with van der Waals surface area (Å²) in [5.74, 6) is 0. The summed E-state index contributed by atoms with van der Waals surface area (Å²) in [6.45, 7) is 4.25. The molecule has 0 aliphatic carbocycles. The smallest absolute Gasteiger partial charge is 0.0948 e. The van der Waals surface area contributed by atoms with Gasteiger partial charge in [0, 0.05) is 45.2 Å². The second kappa shape index (κ2) is 5.28. The van der Waals surface area contributed by atoms with Gasteiger partial charge in [-0.05, 0) is 12.8 Å². The molecule has 84 valence electrons. The molecular weight excluding hydrogens is 190 g/mol. The third-order valence-corrected chi connectivity index (χ3v) is 3.12. The summed E-state index contributed by atoms with van der Waals surface area (Å²) in [4.78, 5) is 6.56. The van der Waals surface area contributed by atoms with E-state index in [1.807, 2.05) is 12.5 Å². The number of nitrogens with zero attached hydrogens (tertiary/aromatic N) is 3. The van der Waals surface area contributed by atoms with Gasteiger partial charge in [0.25, 0.3) is 0 Å². The van der Waals surface area contributed by atoms with Crippen molar-refractivity contribution in [1.29, 1.82) is 0 Å². The zero-order valence-corrected chi connectivity index (χ0v) is 9.30. The van der Waals surface area contributed by atoms with Gasteiger partial charge in [-0.25, -0.2) is 4.98 Å². The Morgan fingerprint density at radius 1 is 1.40 bits per heavy atom. The first kappa shape index (κ1) is 10.6. The van der Waals surface area contributed by atoms with E-state index in [-0.39, 0.29) is 0 Å². The number of imidazole rings is 1. The summed E-state index contributed by atoms with van der Waals surface area (Å²) >= 11 is 0. The normalized spacial score (nSPS) is 19.5. The Morgan fingerprint density at radius 3 is 2.80 bits per heavy atom. The highest BCUT2D eigenvalue weighted by molar-refractivity contribution is 4.84. The number of rotatable bonds is 4. The third kappa shape index (κ3) is 2.79. The Bertz CT molecular complexity index is 265. The van der Waals surface area contributed by atoms with Gasteiger partial charge in [0.2, 0.25) is 0 Å². The van der Waals surface area contributed by atoms with E-state index >= 15 is 0 Å². The molecule has 0 atom stereocenters. The number of likely N-dealkylation sites (tertiary alicyclic amines) is 1. The van der Waals surface area contributed by atoms with Gasteiger partial charge < -0.3 is 14.2 Å². The highest BCUT2D eigenvalue weighted by Crippen LogP contribution is 2.21. The first-order valence-corrected chi connectivity index (χ1v) is 5.59. The second-order valence-corrected chi connectivity index (χ2v) is 4.08. The van der Waals surface area contributed by atoms with Crippen LogP contribution in [0, 0.1) is 0 Å². The molecule has 0 unspecified atom stereocenters. The molecular formula is C11H19N3O. The van der Waals surface area contributed by atoms with E-state index in [4.69, 9.17) is 4.74 Å². The molecule has 4 nitrogen and oxygen atoms in total. The molecule has 0 spiro atoms. The van der Waals surface area contributed by atoms with Crippen LogP contribution < -0.4 is 0 Å². The van der Waals surface area contributed by atoms with E-state index in [9.17, 15) is 0 Å². The van der Waals surface area contributed by atoms with E-state index in [0.717, 1.165) is 13.2 Å². The molecule has 1 saturated heterocycles. The molecule has 15 heavy (non-hydrogen) atoms. The number of ether oxygens (including phenoxy) is 1. The maximum absolute atomic E-state index is 5.09. The molecule has 0 radical (unpaired) electrons. The number of methoxy groups -OCH3 is 1. The third-order valence-electron chi connectivity index (χ3n) is 3.12. The van der Waals surface area contributed by atoms with Gasteiger partial charge >= 0.3 is 0 Å². The van der Waals surface area contributed by atoms with Gasteiger partial charge in [0.1, 0.15) is 0 Å². The summed E-state index contributed by atoms with van der Waals surface area (Å²) in [7, 11) is 1.76. The van der Waals surface area contributed by atoms with E-state index < -0.39 is 0 Å². The highest BCUT2D eigenvalue weighted by atomic mass is 16.5. The molecule has 2 rings (SSSR count). The average molecular weight is 209 g/mol. The van der Waals surface area contributed by atoms with Crippen LogP contribution in [0.15, 0.2) is 18.7 Å². The highest BCUT2D eigenvalue weighted by Gasteiger charge is 2.19. The molecule has 0 bridgehead atoms. The SMILES string of the molecule is COCCN1CCC(n2ccnc2)CC1. The molecule has 0 saturated carbocycles. The predicted octanol–water partition coefficient (Wildman–Crippen LogP) is 1.17. The van der Waals surface area contributed by atoms with Crippen LogP contribution in [0.4, 0.5) is 0 Å². The Kier molecular flexibility index (Phi) is 3.75. The topological polar surface area (TPSA) is 30.3 Å². The first-order valence-electron chi connectivity index (χ1n) is 5.59. The standard InChI is InChI=1S/C11H19N3O/c1-15-9-8-13-5-2-11(3-6-13)14-7-4-12-10-14/h4,7,10-11H,2-3,5-6,8-9H2,1H3. The summed E-state index contributed by atoms with van der Waals surface area (Å²) < 4.78 is 7.32. The van der Waals surface area contributed by atoms with Crippen LogP contribution in [0.2, 0.25) is 0 Å². The molecule has 1 fully saturated rings. The number of hydrogen-bond donors (Lipinski definition) is 0. The van der Waals surface area contributed by atoms with E-state index in [0.29, 0.717) is 6.04 Å². The lowest BCUT2D eigenvalue weighted by Crippen LogP contribution is -2.36. The lowest BCUT2D eigenvalue weighted by molar-refractivity contribution is 0.121. The van der Waals surface area contributed by atoms with Crippen molar-refractivity contribution in [3.05, 3.63) is 18.7 Å². The van der Waals surface area contributed by atoms with Crippen molar-refractivity contribution in [3.8, 4) is 0 Å². The van der Waals surface area contributed by atoms with Crippen LogP contribution in [-0.2, 0) is 4.74 Å². The van der Waals surface area contributed by atoms with Crippen LogP contribution >= 0.6 is 0 Å². The van der Waals surface area contributed by atoms with Gasteiger partial charge in [0.15, 0.2) is 0 Å². The molecule has 0 amide bonds. The lowest BCUT2D eigenvalue weighted by atomic mass is 10.1. The van der Waals surface area contributed by atoms with Crippen LogP contribution in [0.25, 0.3) is 0 Å². The van der Waals surface area contributed by atoms with Gasteiger partial charge in [-0.1, -0.05) is 0 Å². The number of hydrogen-bond acceptors (Lipinski definition) is 3. The van der Waals surface area contributed by atoms with Crippen molar-refractivity contribution >= 4 is 0 Å². The zero-order valence-electron chi connectivity index (χ0n) is 9.30. The van der Waals surface area contributed by atoms with Crippen molar-refractivity contribution in [2.24, 2.45) is 0 Å². The molecule has 1 aliphatic rings. The van der Waals surface area contributed by atoms with Gasteiger partial charge in [-0.15, -0.1) is 0 Å². The average Bonchev–Trinajstić information content (AvgIpc) is 2.80. The molecule has 0 aromatic carbocycles. The predicted molar refractivity (Wildman–Crippen MR) is 58.8 cm³/mol. The molecule has 1 aliphatic heterocycles. The summed E-state index contributed by atoms with van der Waals surface area (Å²) in [5, 5.41) is 0. The fourth-order valence-electron chi connectivity index (χ4n) is 2.15. The van der Waals surface area contributed by atoms with Gasteiger partial charge in [-0.3, -0.25) is 0 Å². The van der Waals surface area contributed by atoms with Crippen molar-refractivity contribution in [2.75, 3.05) is 33.4 Å². The Balaban J connectivity index is 1.77. The number of piperidine rings is 1. The minimum Gasteiger partial charge on any atom is -0.383 e. The van der Waals surface area contributed by atoms with E-state index in [2.05, 4.69) is 20.6 Å². The molecule has 2 heterocycles. The minimum atomic E-state index is 0.645. The van der Waals surface area contributed by atoms with Crippen molar-refractivity contribution in [3.63, 3.8) is 0 Å². The fraction of sp³-hybridized carbons (Fsp3) is 0.727. The zero-order chi connectivity index (χ0) is 10.5. The van der Waals surface area contributed by atoms with E-state index in [1.54, 1.807) is 7.11 Å². The van der Waals surface area contributed by atoms with Crippen LogP contribution in [-0.4, -0.2) is 47.8 Å². The monoisotopic (exact) mass is 209 g/mol. The minimum absolute atomic E-state index is 0.645. The second-order valence-electron chi connectivity index (χ2n) is 4.08. The summed E-state index contributed by atoms with van der Waals surface area (Å²) in [6.07, 6.45) is 8.29. The van der Waals surface area contributed by atoms with Gasteiger partial charge in [0.05, 0.1) is 12.9 Å². The Morgan fingerprint density at radius 2 is 2.20 bits per heavy atom. The molecule has 1 aromatic rings. The molecule has 4 heteroatoms. The van der Waals surface area contributed by atoms with Gasteiger partial charge in [-0.2, -0.15) is 0 Å². The maximum atomic E-state index is 5.09. The Labute approximate surface area is 90.9 Å². The van der Waals surface area contributed by atoms with Crippen molar-refractivity contribution in [2.45, 2.75) is 18.9 Å². The lowest BCUT2D eigenvalue weighted by Gasteiger charge is -2.32. The quantitative estimate of drug-likeness (QED) is 0.745. The van der Waals surface area contributed by atoms with E-state index in [1.165, 1.54) is 25.9 Å². The van der Waals surface area contributed by atoms with Crippen LogP contribution in [0.3, 0.4) is 0 Å². The van der Waals surface area contributed by atoms with Crippen LogP contribution in [0.1, 0.15) is 18.9 Å². The molecule has 0 N–H and O–H groups in total. The Hall–Kier alpha value is -0.870. The largest absolute Gasteiger partial charge is 0.383 e. The summed E-state index contributed by atoms with van der Waals surface area (Å²) in [5.41, 5.74) is 0. The number of aromatic nitrogens is 2. The van der Waals surface area contributed by atoms with Crippen molar-refractivity contribution in [1.82, 2.24) is 14.5 Å². The molecule has 1 aromatic heterocycles. The van der Waals surface area contributed by atoms with Crippen LogP contribution in [0.5, 0.6) is 0 Å². The summed E-state index contributed by atoms with van der Waals surface area (Å²) in [6, 6.07) is 0.645. The first-order chi connectivity index (χ1) is 7.40. The fourth-order valence-corrected chi connectivity index (χ4v) is 2.15. The maximum Gasteiger partial charge on any atom is 0.0948 e. The van der Waals surface area contributed by atoms with Crippen molar-refractivity contribution < 1.29 is 4.74 Å².